The molecule has 1 aliphatic carbocycles. The quantitative estimate of drug-likeness (QED) is 0.276. The molecule has 1 amide bonds. The lowest BCUT2D eigenvalue weighted by atomic mass is 10.0. The van der Waals surface area contributed by atoms with Crippen molar-refractivity contribution in [3.05, 3.63) is 77.1 Å². The minimum atomic E-state index is -3.10. The van der Waals surface area contributed by atoms with Crippen LogP contribution < -0.4 is 20.9 Å². The van der Waals surface area contributed by atoms with E-state index in [2.05, 4.69) is 25.5 Å². The lowest BCUT2D eigenvalue weighted by Gasteiger charge is -2.34. The number of halogens is 2. The number of ether oxygens (including phenoxy) is 2. The van der Waals surface area contributed by atoms with Gasteiger partial charge in [-0.2, -0.15) is 8.78 Å². The number of hydrogen-bond acceptors (Lipinski definition) is 9. The fourth-order valence-electron chi connectivity index (χ4n) is 5.51. The maximum absolute atomic E-state index is 13.6. The van der Waals surface area contributed by atoms with Crippen molar-refractivity contribution in [2.75, 3.05) is 38.1 Å². The van der Waals surface area contributed by atoms with Crippen molar-refractivity contribution in [2.45, 2.75) is 31.9 Å². The van der Waals surface area contributed by atoms with Crippen LogP contribution in [-0.4, -0.2) is 76.2 Å². The van der Waals surface area contributed by atoms with Crippen LogP contribution in [0.15, 0.2) is 66.0 Å². The summed E-state index contributed by atoms with van der Waals surface area (Å²) in [5.74, 6) is -0.993. The number of hydrogen-bond donors (Lipinski definition) is 2. The molecule has 2 aliphatic rings. The van der Waals surface area contributed by atoms with Crippen LogP contribution in [0.1, 0.15) is 30.1 Å². The third-order valence-electron chi connectivity index (χ3n) is 7.92. The van der Waals surface area contributed by atoms with Gasteiger partial charge in [-0.1, -0.05) is 6.07 Å². The van der Waals surface area contributed by atoms with E-state index in [-0.39, 0.29) is 24.0 Å². The first-order chi connectivity index (χ1) is 21.3. The molecule has 3 heterocycles. The number of rotatable bonds is 9. The van der Waals surface area contributed by atoms with Gasteiger partial charge in [0, 0.05) is 44.1 Å². The molecule has 13 heteroatoms. The molecule has 1 saturated heterocycles. The Bertz CT molecular complexity index is 1790. The summed E-state index contributed by atoms with van der Waals surface area (Å²) in [7, 11) is 0. The molecular weight excluding hydrogens is 574 g/mol. The minimum Gasteiger partial charge on any atom is -0.462 e. The lowest BCUT2D eigenvalue weighted by molar-refractivity contribution is -0.123. The topological polar surface area (TPSA) is 128 Å². The van der Waals surface area contributed by atoms with E-state index in [1.165, 1.54) is 35.3 Å². The highest BCUT2D eigenvalue weighted by Crippen LogP contribution is 2.43. The van der Waals surface area contributed by atoms with E-state index in [1.54, 1.807) is 37.4 Å². The molecular formula is C31H30F2N6O5. The first-order valence-corrected chi connectivity index (χ1v) is 14.3. The number of amides is 1. The second kappa shape index (κ2) is 12.1. The number of pyridine rings is 1. The summed E-state index contributed by atoms with van der Waals surface area (Å²) >= 11 is 0. The monoisotopic (exact) mass is 604 g/mol. The number of benzene rings is 2. The predicted octanol–water partition coefficient (Wildman–Crippen LogP) is 3.60. The van der Waals surface area contributed by atoms with Gasteiger partial charge in [0.2, 0.25) is 5.91 Å². The third kappa shape index (κ3) is 5.75. The summed E-state index contributed by atoms with van der Waals surface area (Å²) in [5.41, 5.74) is 1.29. The number of nitrogens with one attached hydrogen (secondary N) is 2. The molecule has 2 N–H and O–H groups in total. The van der Waals surface area contributed by atoms with Crippen LogP contribution in [0.3, 0.4) is 0 Å². The van der Waals surface area contributed by atoms with Gasteiger partial charge in [-0.05, 0) is 61.7 Å². The Hall–Kier alpha value is -4.75. The molecule has 0 atom stereocenters. The standard InChI is InChI=1S/C31H30F2N6O5/c1-2-43-28(41)21-13-20(16-35-17-21)19-3-5-23-24(14-19)36-18-39(27(23)40)22-4-6-26(44-30(32)33)25(15-22)37-29(42)31(7-8-31)38-11-9-34-10-12-38/h3-6,13-18,30,34H,2,7-12H2,1H3,(H,37,42). The number of aromatic nitrogens is 3. The number of esters is 1. The largest absolute Gasteiger partial charge is 0.462 e. The summed E-state index contributed by atoms with van der Waals surface area (Å²) in [4.78, 5) is 49.9. The van der Waals surface area contributed by atoms with Gasteiger partial charge in [-0.3, -0.25) is 24.0 Å². The number of nitrogens with zero attached hydrogens (tertiary/aromatic N) is 4. The van der Waals surface area contributed by atoms with Crippen LogP contribution in [0.4, 0.5) is 14.5 Å². The number of carbonyl (C=O) groups excluding carboxylic acids is 2. The zero-order chi connectivity index (χ0) is 30.8. The van der Waals surface area contributed by atoms with Crippen LogP contribution in [0.5, 0.6) is 5.75 Å². The SMILES string of the molecule is CCOC(=O)c1cncc(-c2ccc3c(=O)n(-c4ccc(OC(F)F)c(NC(=O)C5(N6CCNCC6)CC5)c4)cnc3c2)c1. The molecule has 0 radical (unpaired) electrons. The number of carbonyl (C=O) groups is 2. The maximum atomic E-state index is 13.6. The Morgan fingerprint density at radius 3 is 2.59 bits per heavy atom. The van der Waals surface area contributed by atoms with Crippen molar-refractivity contribution in [1.82, 2.24) is 24.8 Å². The molecule has 11 nitrogen and oxygen atoms in total. The van der Waals surface area contributed by atoms with E-state index in [4.69, 9.17) is 9.47 Å². The molecule has 2 fully saturated rings. The van der Waals surface area contributed by atoms with Gasteiger partial charge in [0.25, 0.3) is 5.56 Å². The van der Waals surface area contributed by atoms with E-state index in [0.29, 0.717) is 59.2 Å². The maximum Gasteiger partial charge on any atom is 0.387 e. The molecule has 2 aromatic carbocycles. The number of anilines is 1. The molecule has 0 spiro atoms. The van der Waals surface area contributed by atoms with Crippen molar-refractivity contribution < 1.29 is 27.8 Å². The molecule has 44 heavy (non-hydrogen) atoms. The number of alkyl halides is 2. The third-order valence-corrected chi connectivity index (χ3v) is 7.92. The molecule has 1 saturated carbocycles. The Morgan fingerprint density at radius 1 is 1.07 bits per heavy atom. The van der Waals surface area contributed by atoms with Crippen LogP contribution in [0.2, 0.25) is 0 Å². The van der Waals surface area contributed by atoms with Gasteiger partial charge in [-0.15, -0.1) is 0 Å². The molecule has 6 rings (SSSR count). The Morgan fingerprint density at radius 2 is 1.86 bits per heavy atom. The van der Waals surface area contributed by atoms with Gasteiger partial charge in [0.15, 0.2) is 0 Å². The van der Waals surface area contributed by atoms with Gasteiger partial charge in [0.05, 0.1) is 34.4 Å². The van der Waals surface area contributed by atoms with Crippen LogP contribution in [0.25, 0.3) is 27.7 Å². The average Bonchev–Trinajstić information content (AvgIpc) is 3.85. The Labute approximate surface area is 250 Å². The first kappa shape index (κ1) is 29.3. The van der Waals surface area contributed by atoms with Crippen LogP contribution >= 0.6 is 0 Å². The van der Waals surface area contributed by atoms with Gasteiger partial charge < -0.3 is 20.1 Å². The summed E-state index contributed by atoms with van der Waals surface area (Å²) < 4.78 is 37.5. The highest BCUT2D eigenvalue weighted by atomic mass is 19.3. The Balaban J connectivity index is 1.31. The summed E-state index contributed by atoms with van der Waals surface area (Å²) in [6.07, 6.45) is 5.69. The van der Waals surface area contributed by atoms with Gasteiger partial charge >= 0.3 is 12.6 Å². The zero-order valence-electron chi connectivity index (χ0n) is 23.9. The Kier molecular flexibility index (Phi) is 8.06. The molecule has 1 aliphatic heterocycles. The van der Waals surface area contributed by atoms with Crippen molar-refractivity contribution in [3.8, 4) is 22.6 Å². The molecule has 0 bridgehead atoms. The zero-order valence-corrected chi connectivity index (χ0v) is 23.9. The summed E-state index contributed by atoms with van der Waals surface area (Å²) in [5, 5.41) is 6.36. The molecule has 228 valence electrons. The van der Waals surface area contributed by atoms with Gasteiger partial charge in [-0.25, -0.2) is 9.78 Å². The van der Waals surface area contributed by atoms with E-state index in [1.807, 2.05) is 0 Å². The predicted molar refractivity (Wildman–Crippen MR) is 158 cm³/mol. The van der Waals surface area contributed by atoms with E-state index in [0.717, 1.165) is 13.1 Å². The second-order valence-electron chi connectivity index (χ2n) is 10.6. The van der Waals surface area contributed by atoms with Crippen LogP contribution in [0, 0.1) is 0 Å². The van der Waals surface area contributed by atoms with Crippen molar-refractivity contribution in [1.29, 1.82) is 0 Å². The fraction of sp³-hybridized carbons (Fsp3) is 0.323. The minimum absolute atomic E-state index is 0.0329. The van der Waals surface area contributed by atoms with E-state index >= 15 is 0 Å². The molecule has 4 aromatic rings. The van der Waals surface area contributed by atoms with Crippen molar-refractivity contribution >= 4 is 28.5 Å². The highest BCUT2D eigenvalue weighted by Gasteiger charge is 2.54. The van der Waals surface area contributed by atoms with E-state index < -0.39 is 23.7 Å². The summed E-state index contributed by atoms with van der Waals surface area (Å²) in [6.45, 7) is 1.80. The van der Waals surface area contributed by atoms with E-state index in [9.17, 15) is 23.2 Å². The normalized spacial score (nSPS) is 16.1. The number of piperazine rings is 1. The first-order valence-electron chi connectivity index (χ1n) is 14.3. The van der Waals surface area contributed by atoms with Crippen molar-refractivity contribution in [3.63, 3.8) is 0 Å². The highest BCUT2D eigenvalue weighted by molar-refractivity contribution is 6.01. The second-order valence-corrected chi connectivity index (χ2v) is 10.6. The fourth-order valence-corrected chi connectivity index (χ4v) is 5.51. The van der Waals surface area contributed by atoms with Crippen molar-refractivity contribution in [2.24, 2.45) is 0 Å². The summed E-state index contributed by atoms with van der Waals surface area (Å²) in [6, 6.07) is 10.9. The number of fused-ring (bicyclic) bond motifs is 1. The smallest absolute Gasteiger partial charge is 0.387 e. The molecule has 2 aromatic heterocycles. The van der Waals surface area contributed by atoms with Gasteiger partial charge in [0.1, 0.15) is 17.6 Å². The average molecular weight is 605 g/mol. The van der Waals surface area contributed by atoms with Crippen LogP contribution in [-0.2, 0) is 9.53 Å². The molecule has 0 unspecified atom stereocenters. The lowest BCUT2D eigenvalue weighted by Crippen LogP contribution is -2.54.